The molecule has 0 aromatic heterocycles. The second-order valence-corrected chi connectivity index (χ2v) is 4.29. The van der Waals surface area contributed by atoms with Gasteiger partial charge in [-0.3, -0.25) is 0 Å². The van der Waals surface area contributed by atoms with Gasteiger partial charge in [0.25, 0.3) is 0 Å². The second kappa shape index (κ2) is 1.26. The molecule has 1 aliphatic heterocycles. The summed E-state index contributed by atoms with van der Waals surface area (Å²) in [5.41, 5.74) is 0.852. The molecular weight excluding hydrogens is 116 g/mol. The van der Waals surface area contributed by atoms with Crippen molar-refractivity contribution in [3.8, 4) is 0 Å². The highest BCUT2D eigenvalue weighted by atomic mass is 32.2. The van der Waals surface area contributed by atoms with Gasteiger partial charge >= 0.3 is 0 Å². The van der Waals surface area contributed by atoms with Crippen LogP contribution in [0.25, 0.3) is 0 Å². The maximum Gasteiger partial charge on any atom is 0.000264 e. The Bertz CT molecular complexity index is 106. The lowest BCUT2D eigenvalue weighted by atomic mass is 10.1. The van der Waals surface area contributed by atoms with Crippen molar-refractivity contribution < 1.29 is 0 Å². The SMILES string of the molecule is CC1C(C)C12CSC2. The number of hydrogen-bond acceptors (Lipinski definition) is 1. The molecule has 1 saturated carbocycles. The Morgan fingerprint density at radius 3 is 1.75 bits per heavy atom. The molecule has 0 aromatic rings. The number of rotatable bonds is 0. The molecule has 1 saturated heterocycles. The molecule has 0 aromatic carbocycles. The molecule has 0 radical (unpaired) electrons. The lowest BCUT2D eigenvalue weighted by molar-refractivity contribution is 0.550. The summed E-state index contributed by atoms with van der Waals surface area (Å²) in [6.07, 6.45) is 0. The molecule has 46 valence electrons. The number of thioether (sulfide) groups is 1. The van der Waals surface area contributed by atoms with Crippen LogP contribution in [0.3, 0.4) is 0 Å². The van der Waals surface area contributed by atoms with E-state index in [-0.39, 0.29) is 0 Å². The van der Waals surface area contributed by atoms with Crippen LogP contribution in [0.5, 0.6) is 0 Å². The Labute approximate surface area is 55.0 Å². The smallest absolute Gasteiger partial charge is 0.000264 e. The van der Waals surface area contributed by atoms with Gasteiger partial charge in [0, 0.05) is 11.5 Å². The molecule has 0 bridgehead atoms. The van der Waals surface area contributed by atoms with E-state index in [1.165, 1.54) is 11.5 Å². The van der Waals surface area contributed by atoms with Crippen LogP contribution < -0.4 is 0 Å². The Kier molecular flexibility index (Phi) is 0.811. The fourth-order valence-electron chi connectivity index (χ4n) is 1.81. The van der Waals surface area contributed by atoms with Gasteiger partial charge in [0.15, 0.2) is 0 Å². The van der Waals surface area contributed by atoms with E-state index in [1.807, 2.05) is 0 Å². The van der Waals surface area contributed by atoms with Crippen LogP contribution in [0.15, 0.2) is 0 Å². The zero-order valence-corrected chi connectivity index (χ0v) is 6.29. The van der Waals surface area contributed by atoms with Gasteiger partial charge in [-0.2, -0.15) is 11.8 Å². The molecule has 0 amide bonds. The summed E-state index contributed by atoms with van der Waals surface area (Å²) >= 11 is 2.11. The highest BCUT2D eigenvalue weighted by Gasteiger charge is 2.62. The monoisotopic (exact) mass is 128 g/mol. The lowest BCUT2D eigenvalue weighted by Gasteiger charge is -2.26. The van der Waals surface area contributed by atoms with Gasteiger partial charge in [-0.15, -0.1) is 0 Å². The Morgan fingerprint density at radius 2 is 1.75 bits per heavy atom. The van der Waals surface area contributed by atoms with E-state index < -0.39 is 0 Å². The summed E-state index contributed by atoms with van der Waals surface area (Å²) in [4.78, 5) is 0. The summed E-state index contributed by atoms with van der Waals surface area (Å²) in [7, 11) is 0. The number of hydrogen-bond donors (Lipinski definition) is 0. The van der Waals surface area contributed by atoms with Crippen molar-refractivity contribution in [1.82, 2.24) is 0 Å². The van der Waals surface area contributed by atoms with Gasteiger partial charge in [-0.05, 0) is 17.3 Å². The van der Waals surface area contributed by atoms with Crippen molar-refractivity contribution in [3.63, 3.8) is 0 Å². The first kappa shape index (κ1) is 5.16. The largest absolute Gasteiger partial charge is 0.161 e. The van der Waals surface area contributed by atoms with Crippen molar-refractivity contribution in [2.75, 3.05) is 11.5 Å². The standard InChI is InChI=1S/C7H12S/c1-5-6(2)7(5)3-8-4-7/h5-6H,3-4H2,1-2H3. The van der Waals surface area contributed by atoms with Crippen molar-refractivity contribution in [2.24, 2.45) is 17.3 Å². The maximum absolute atomic E-state index is 2.39. The van der Waals surface area contributed by atoms with Gasteiger partial charge in [-0.1, -0.05) is 13.8 Å². The average molecular weight is 128 g/mol. The molecule has 1 aliphatic carbocycles. The molecule has 0 N–H and O–H groups in total. The Hall–Kier alpha value is 0.350. The van der Waals surface area contributed by atoms with Crippen molar-refractivity contribution in [2.45, 2.75) is 13.8 Å². The highest BCUT2D eigenvalue weighted by molar-refractivity contribution is 8.00. The molecular formula is C7H12S. The van der Waals surface area contributed by atoms with Gasteiger partial charge in [-0.25, -0.2) is 0 Å². The van der Waals surface area contributed by atoms with E-state index in [4.69, 9.17) is 0 Å². The van der Waals surface area contributed by atoms with Crippen LogP contribution >= 0.6 is 11.8 Å². The molecule has 8 heavy (non-hydrogen) atoms. The van der Waals surface area contributed by atoms with Gasteiger partial charge in [0.1, 0.15) is 0 Å². The molecule has 2 atom stereocenters. The van der Waals surface area contributed by atoms with Crippen LogP contribution in [0.2, 0.25) is 0 Å². The summed E-state index contributed by atoms with van der Waals surface area (Å²) in [5, 5.41) is 0. The Morgan fingerprint density at radius 1 is 1.25 bits per heavy atom. The molecule has 2 fully saturated rings. The predicted molar refractivity (Wildman–Crippen MR) is 38.1 cm³/mol. The molecule has 1 heteroatoms. The third-order valence-electron chi connectivity index (χ3n) is 3.20. The minimum absolute atomic E-state index is 0.852. The van der Waals surface area contributed by atoms with Crippen molar-refractivity contribution in [3.05, 3.63) is 0 Å². The van der Waals surface area contributed by atoms with Crippen LogP contribution in [0.1, 0.15) is 13.8 Å². The highest BCUT2D eigenvalue weighted by Crippen LogP contribution is 2.66. The summed E-state index contributed by atoms with van der Waals surface area (Å²) in [6, 6.07) is 0. The topological polar surface area (TPSA) is 0 Å². The normalized spacial score (nSPS) is 48.8. The maximum atomic E-state index is 2.39. The van der Waals surface area contributed by atoms with E-state index >= 15 is 0 Å². The first-order valence-corrected chi connectivity index (χ1v) is 4.50. The van der Waals surface area contributed by atoms with Crippen LogP contribution in [-0.2, 0) is 0 Å². The second-order valence-electron chi connectivity index (χ2n) is 3.30. The van der Waals surface area contributed by atoms with Crippen LogP contribution in [0.4, 0.5) is 0 Å². The average Bonchev–Trinajstić information content (AvgIpc) is 2.10. The lowest BCUT2D eigenvalue weighted by Crippen LogP contribution is -2.22. The minimum atomic E-state index is 0.852. The molecule has 2 rings (SSSR count). The fraction of sp³-hybridized carbons (Fsp3) is 1.00. The molecule has 2 aliphatic rings. The summed E-state index contributed by atoms with van der Waals surface area (Å²) < 4.78 is 0. The third kappa shape index (κ3) is 0.364. The fourth-order valence-corrected chi connectivity index (χ4v) is 3.54. The van der Waals surface area contributed by atoms with Crippen LogP contribution in [0, 0.1) is 17.3 Å². The van der Waals surface area contributed by atoms with E-state index in [1.54, 1.807) is 0 Å². The summed E-state index contributed by atoms with van der Waals surface area (Å²) in [6.45, 7) is 4.79. The molecule has 1 heterocycles. The first-order chi connectivity index (χ1) is 3.77. The minimum Gasteiger partial charge on any atom is -0.161 e. The van der Waals surface area contributed by atoms with Crippen molar-refractivity contribution in [1.29, 1.82) is 0 Å². The van der Waals surface area contributed by atoms with Gasteiger partial charge in [0.2, 0.25) is 0 Å². The zero-order valence-electron chi connectivity index (χ0n) is 5.48. The van der Waals surface area contributed by atoms with E-state index in [9.17, 15) is 0 Å². The first-order valence-electron chi connectivity index (χ1n) is 3.35. The quantitative estimate of drug-likeness (QED) is 0.481. The summed E-state index contributed by atoms with van der Waals surface area (Å²) in [5.74, 6) is 5.00. The van der Waals surface area contributed by atoms with E-state index in [0.717, 1.165) is 17.3 Å². The molecule has 1 spiro atoms. The van der Waals surface area contributed by atoms with E-state index in [2.05, 4.69) is 25.6 Å². The van der Waals surface area contributed by atoms with Crippen LogP contribution in [-0.4, -0.2) is 11.5 Å². The Balaban J connectivity index is 2.09. The zero-order chi connectivity index (χ0) is 5.78. The predicted octanol–water partition coefficient (Wildman–Crippen LogP) is 2.01. The van der Waals surface area contributed by atoms with Gasteiger partial charge in [0.05, 0.1) is 0 Å². The van der Waals surface area contributed by atoms with Gasteiger partial charge < -0.3 is 0 Å². The third-order valence-corrected chi connectivity index (χ3v) is 4.68. The van der Waals surface area contributed by atoms with E-state index in [0.29, 0.717) is 0 Å². The van der Waals surface area contributed by atoms with Crippen molar-refractivity contribution >= 4 is 11.8 Å². The molecule has 0 nitrogen and oxygen atoms in total. The molecule has 2 unspecified atom stereocenters.